The zero-order valence-electron chi connectivity index (χ0n) is 6.31. The average molecular weight is 142 g/mol. The summed E-state index contributed by atoms with van der Waals surface area (Å²) in [5.74, 6) is 0.0636. The molecule has 0 saturated carbocycles. The molecular weight excluding hydrogens is 128 g/mol. The molecule has 1 fully saturated rings. The van der Waals surface area contributed by atoms with Crippen LogP contribution in [0.2, 0.25) is 0 Å². The van der Waals surface area contributed by atoms with Crippen molar-refractivity contribution < 1.29 is 4.79 Å². The lowest BCUT2D eigenvalue weighted by atomic mass is 10.2. The van der Waals surface area contributed by atoms with E-state index in [-0.39, 0.29) is 5.91 Å². The second-order valence-corrected chi connectivity index (χ2v) is 2.73. The highest BCUT2D eigenvalue weighted by molar-refractivity contribution is 5.72. The van der Waals surface area contributed by atoms with E-state index in [0.717, 1.165) is 13.1 Å². The van der Waals surface area contributed by atoms with Crippen molar-refractivity contribution in [1.29, 1.82) is 0 Å². The van der Waals surface area contributed by atoms with Gasteiger partial charge in [-0.1, -0.05) is 0 Å². The molecule has 1 amide bonds. The predicted octanol–water partition coefficient (Wildman–Crippen LogP) is -0.126. The molecule has 1 rings (SSSR count). The molecule has 0 aromatic rings. The Hall–Kier alpha value is -0.570. The van der Waals surface area contributed by atoms with E-state index < -0.39 is 0 Å². The van der Waals surface area contributed by atoms with Crippen molar-refractivity contribution in [1.82, 2.24) is 10.6 Å². The SMILES string of the molecule is CC(=O)NC[C@@H]1CCCN1. The van der Waals surface area contributed by atoms with Crippen LogP contribution in [0.25, 0.3) is 0 Å². The van der Waals surface area contributed by atoms with Crippen molar-refractivity contribution in [2.75, 3.05) is 13.1 Å². The molecule has 0 radical (unpaired) electrons. The van der Waals surface area contributed by atoms with Crippen LogP contribution in [-0.4, -0.2) is 25.0 Å². The molecule has 3 heteroatoms. The number of amides is 1. The van der Waals surface area contributed by atoms with Crippen molar-refractivity contribution >= 4 is 5.91 Å². The van der Waals surface area contributed by atoms with Gasteiger partial charge in [-0.3, -0.25) is 4.79 Å². The van der Waals surface area contributed by atoms with Crippen LogP contribution in [0, 0.1) is 0 Å². The normalized spacial score (nSPS) is 24.7. The van der Waals surface area contributed by atoms with Gasteiger partial charge in [0.25, 0.3) is 0 Å². The maximum atomic E-state index is 10.5. The number of rotatable bonds is 2. The van der Waals surface area contributed by atoms with Crippen molar-refractivity contribution in [2.45, 2.75) is 25.8 Å². The van der Waals surface area contributed by atoms with E-state index >= 15 is 0 Å². The average Bonchev–Trinajstić information content (AvgIpc) is 2.34. The molecular formula is C7H14N2O. The Kier molecular flexibility index (Phi) is 2.68. The molecule has 3 nitrogen and oxygen atoms in total. The minimum Gasteiger partial charge on any atom is -0.355 e. The fourth-order valence-corrected chi connectivity index (χ4v) is 1.20. The van der Waals surface area contributed by atoms with Crippen LogP contribution in [0.4, 0.5) is 0 Å². The van der Waals surface area contributed by atoms with Gasteiger partial charge < -0.3 is 10.6 Å². The Morgan fingerprint density at radius 2 is 2.60 bits per heavy atom. The Labute approximate surface area is 61.2 Å². The quantitative estimate of drug-likeness (QED) is 0.564. The third-order valence-corrected chi connectivity index (χ3v) is 1.76. The van der Waals surface area contributed by atoms with Crippen molar-refractivity contribution in [3.63, 3.8) is 0 Å². The van der Waals surface area contributed by atoms with E-state index in [1.54, 1.807) is 6.92 Å². The topological polar surface area (TPSA) is 41.1 Å². The highest BCUT2D eigenvalue weighted by Gasteiger charge is 2.12. The standard InChI is InChI=1S/C7H14N2O/c1-6(10)9-5-7-3-2-4-8-7/h7-8H,2-5H2,1H3,(H,9,10)/t7-/m0/s1. The van der Waals surface area contributed by atoms with E-state index in [1.807, 2.05) is 0 Å². The van der Waals surface area contributed by atoms with E-state index in [0.29, 0.717) is 6.04 Å². The van der Waals surface area contributed by atoms with Crippen LogP contribution in [0.1, 0.15) is 19.8 Å². The summed E-state index contributed by atoms with van der Waals surface area (Å²) in [6, 6.07) is 0.517. The number of hydrogen-bond acceptors (Lipinski definition) is 2. The van der Waals surface area contributed by atoms with Gasteiger partial charge in [0.15, 0.2) is 0 Å². The summed E-state index contributed by atoms with van der Waals surface area (Å²) in [6.07, 6.45) is 2.44. The molecule has 10 heavy (non-hydrogen) atoms. The molecule has 1 heterocycles. The Morgan fingerprint density at radius 1 is 1.80 bits per heavy atom. The van der Waals surface area contributed by atoms with Crippen molar-refractivity contribution in [2.24, 2.45) is 0 Å². The minimum absolute atomic E-state index is 0.0636. The molecule has 58 valence electrons. The van der Waals surface area contributed by atoms with Gasteiger partial charge in [0, 0.05) is 19.5 Å². The molecule has 1 aliphatic heterocycles. The first-order valence-electron chi connectivity index (χ1n) is 3.77. The van der Waals surface area contributed by atoms with Crippen LogP contribution in [0.3, 0.4) is 0 Å². The monoisotopic (exact) mass is 142 g/mol. The molecule has 0 aliphatic carbocycles. The largest absolute Gasteiger partial charge is 0.355 e. The Morgan fingerprint density at radius 3 is 3.10 bits per heavy atom. The lowest BCUT2D eigenvalue weighted by Crippen LogP contribution is -2.35. The molecule has 1 atom stereocenters. The van der Waals surface area contributed by atoms with Gasteiger partial charge in [-0.2, -0.15) is 0 Å². The first kappa shape index (κ1) is 7.54. The highest BCUT2D eigenvalue weighted by atomic mass is 16.1. The van der Waals surface area contributed by atoms with E-state index in [4.69, 9.17) is 0 Å². The van der Waals surface area contributed by atoms with Crippen LogP contribution >= 0.6 is 0 Å². The fraction of sp³-hybridized carbons (Fsp3) is 0.857. The molecule has 0 spiro atoms. The van der Waals surface area contributed by atoms with Gasteiger partial charge in [0.05, 0.1) is 0 Å². The van der Waals surface area contributed by atoms with Gasteiger partial charge in [-0.05, 0) is 19.4 Å². The van der Waals surface area contributed by atoms with E-state index in [1.165, 1.54) is 12.8 Å². The number of hydrogen-bond donors (Lipinski definition) is 2. The van der Waals surface area contributed by atoms with Crippen molar-refractivity contribution in [3.05, 3.63) is 0 Å². The molecule has 0 bridgehead atoms. The molecule has 1 saturated heterocycles. The van der Waals surface area contributed by atoms with Gasteiger partial charge in [0.1, 0.15) is 0 Å². The number of nitrogens with one attached hydrogen (secondary N) is 2. The Bertz CT molecular complexity index is 119. The first-order chi connectivity index (χ1) is 4.79. The van der Waals surface area contributed by atoms with Gasteiger partial charge in [-0.25, -0.2) is 0 Å². The molecule has 1 aliphatic rings. The summed E-state index contributed by atoms with van der Waals surface area (Å²) in [5, 5.41) is 6.08. The molecule has 0 aromatic heterocycles. The first-order valence-corrected chi connectivity index (χ1v) is 3.77. The van der Waals surface area contributed by atoms with Crippen LogP contribution < -0.4 is 10.6 Å². The molecule has 0 unspecified atom stereocenters. The van der Waals surface area contributed by atoms with Crippen LogP contribution in [0.15, 0.2) is 0 Å². The van der Waals surface area contributed by atoms with Crippen molar-refractivity contribution in [3.8, 4) is 0 Å². The second kappa shape index (κ2) is 3.56. The summed E-state index contributed by atoms with van der Waals surface area (Å²) in [4.78, 5) is 10.5. The third-order valence-electron chi connectivity index (χ3n) is 1.76. The second-order valence-electron chi connectivity index (χ2n) is 2.73. The maximum Gasteiger partial charge on any atom is 0.216 e. The summed E-state index contributed by atoms with van der Waals surface area (Å²) >= 11 is 0. The zero-order chi connectivity index (χ0) is 7.40. The Balaban J connectivity index is 2.07. The van der Waals surface area contributed by atoms with Crippen LogP contribution in [0.5, 0.6) is 0 Å². The van der Waals surface area contributed by atoms with Gasteiger partial charge >= 0.3 is 0 Å². The third kappa shape index (κ3) is 2.35. The minimum atomic E-state index is 0.0636. The van der Waals surface area contributed by atoms with Gasteiger partial charge in [-0.15, -0.1) is 0 Å². The lowest BCUT2D eigenvalue weighted by Gasteiger charge is -2.09. The van der Waals surface area contributed by atoms with E-state index in [9.17, 15) is 4.79 Å². The fourth-order valence-electron chi connectivity index (χ4n) is 1.20. The predicted molar refractivity (Wildman–Crippen MR) is 39.7 cm³/mol. The summed E-state index contributed by atoms with van der Waals surface area (Å²) in [5.41, 5.74) is 0. The number of carbonyl (C=O) groups is 1. The summed E-state index contributed by atoms with van der Waals surface area (Å²) in [6.45, 7) is 3.44. The van der Waals surface area contributed by atoms with E-state index in [2.05, 4.69) is 10.6 Å². The lowest BCUT2D eigenvalue weighted by molar-refractivity contribution is -0.119. The molecule has 2 N–H and O–H groups in total. The summed E-state index contributed by atoms with van der Waals surface area (Å²) < 4.78 is 0. The number of carbonyl (C=O) groups excluding carboxylic acids is 1. The van der Waals surface area contributed by atoms with Crippen LogP contribution in [-0.2, 0) is 4.79 Å². The zero-order valence-corrected chi connectivity index (χ0v) is 6.31. The maximum absolute atomic E-state index is 10.5. The highest BCUT2D eigenvalue weighted by Crippen LogP contribution is 2.02. The summed E-state index contributed by atoms with van der Waals surface area (Å²) in [7, 11) is 0. The molecule has 0 aromatic carbocycles. The smallest absolute Gasteiger partial charge is 0.216 e. The van der Waals surface area contributed by atoms with Gasteiger partial charge in [0.2, 0.25) is 5.91 Å².